The van der Waals surface area contributed by atoms with Crippen LogP contribution in [0.15, 0.2) is 18.3 Å². The predicted octanol–water partition coefficient (Wildman–Crippen LogP) is 1.96. The van der Waals surface area contributed by atoms with Gasteiger partial charge in [0.1, 0.15) is 5.82 Å². The van der Waals surface area contributed by atoms with Crippen molar-refractivity contribution in [1.29, 1.82) is 0 Å². The molecule has 0 amide bonds. The van der Waals surface area contributed by atoms with Crippen molar-refractivity contribution in [3.8, 4) is 0 Å². The third-order valence-electron chi connectivity index (χ3n) is 5.33. The first-order valence-corrected chi connectivity index (χ1v) is 9.85. The molecule has 4 atom stereocenters. The lowest BCUT2D eigenvalue weighted by Crippen LogP contribution is -2.26. The Morgan fingerprint density at radius 2 is 2.21 bits per heavy atom. The zero-order valence-electron chi connectivity index (χ0n) is 16.4. The number of H-pyrrole nitrogens is 1. The molecule has 2 heterocycles. The summed E-state index contributed by atoms with van der Waals surface area (Å²) in [5, 5.41) is 27.4. The number of tetrazole rings is 1. The summed E-state index contributed by atoms with van der Waals surface area (Å²) in [6, 6.07) is 4.54. The van der Waals surface area contributed by atoms with Gasteiger partial charge >= 0.3 is 5.97 Å². The van der Waals surface area contributed by atoms with Crippen LogP contribution < -0.4 is 11.1 Å². The third-order valence-corrected chi connectivity index (χ3v) is 5.33. The van der Waals surface area contributed by atoms with Gasteiger partial charge in [-0.15, -0.1) is 10.2 Å². The first kappa shape index (κ1) is 20.2. The molecule has 1 fully saturated rings. The molecule has 5 N–H and O–H groups in total. The summed E-state index contributed by atoms with van der Waals surface area (Å²) in [7, 11) is 0. The number of carboxylic acid groups (broad SMARTS) is 1. The second kappa shape index (κ2) is 9.09. The van der Waals surface area contributed by atoms with E-state index in [4.69, 9.17) is 5.73 Å². The monoisotopic (exact) mass is 387 g/mol. The van der Waals surface area contributed by atoms with Crippen molar-refractivity contribution in [3.63, 3.8) is 0 Å². The first-order valence-electron chi connectivity index (χ1n) is 9.85. The van der Waals surface area contributed by atoms with Crippen molar-refractivity contribution in [2.45, 2.75) is 64.0 Å². The Balaban J connectivity index is 1.72. The van der Waals surface area contributed by atoms with Gasteiger partial charge in [0.25, 0.3) is 0 Å². The van der Waals surface area contributed by atoms with Crippen molar-refractivity contribution in [3.05, 3.63) is 29.7 Å². The second-order valence-electron chi connectivity index (χ2n) is 8.12. The van der Waals surface area contributed by atoms with Crippen molar-refractivity contribution in [2.24, 2.45) is 17.6 Å². The molecule has 0 radical (unpaired) electrons. The maximum Gasteiger partial charge on any atom is 0.307 e. The molecule has 1 aliphatic carbocycles. The highest BCUT2D eigenvalue weighted by Crippen LogP contribution is 2.31. The summed E-state index contributed by atoms with van der Waals surface area (Å²) in [5.74, 6) is -0.307. The predicted molar refractivity (Wildman–Crippen MR) is 105 cm³/mol. The van der Waals surface area contributed by atoms with E-state index in [0.29, 0.717) is 24.7 Å². The van der Waals surface area contributed by atoms with E-state index in [1.165, 1.54) is 0 Å². The lowest BCUT2D eigenvalue weighted by atomic mass is 9.81. The Morgan fingerprint density at radius 1 is 1.39 bits per heavy atom. The molecule has 0 saturated heterocycles. The smallest absolute Gasteiger partial charge is 0.307 e. The topological polar surface area (TPSA) is 143 Å². The van der Waals surface area contributed by atoms with Crippen LogP contribution in [0.3, 0.4) is 0 Å². The minimum absolute atomic E-state index is 0.248. The first-order chi connectivity index (χ1) is 13.4. The number of rotatable bonds is 9. The van der Waals surface area contributed by atoms with Crippen LogP contribution in [0, 0.1) is 11.8 Å². The second-order valence-corrected chi connectivity index (χ2v) is 8.12. The van der Waals surface area contributed by atoms with Crippen LogP contribution in [0.1, 0.15) is 56.8 Å². The molecule has 3 rings (SSSR count). The highest BCUT2D eigenvalue weighted by atomic mass is 16.4. The average molecular weight is 387 g/mol. The number of hydrogen-bond donors (Lipinski definition) is 4. The highest BCUT2D eigenvalue weighted by molar-refractivity contribution is 5.71. The average Bonchev–Trinajstić information content (AvgIpc) is 3.31. The van der Waals surface area contributed by atoms with Gasteiger partial charge in [-0.25, -0.2) is 4.98 Å². The third kappa shape index (κ3) is 5.25. The van der Waals surface area contributed by atoms with Gasteiger partial charge in [-0.1, -0.05) is 25.1 Å². The summed E-state index contributed by atoms with van der Waals surface area (Å²) < 4.78 is 0. The van der Waals surface area contributed by atoms with E-state index in [-0.39, 0.29) is 17.9 Å². The largest absolute Gasteiger partial charge is 0.481 e. The summed E-state index contributed by atoms with van der Waals surface area (Å²) in [5.41, 5.74) is 6.91. The van der Waals surface area contributed by atoms with Crippen LogP contribution in [0.4, 0.5) is 5.82 Å². The molecule has 0 aliphatic heterocycles. The number of hydrogen-bond acceptors (Lipinski definition) is 7. The molecule has 28 heavy (non-hydrogen) atoms. The molecular weight excluding hydrogens is 358 g/mol. The maximum atomic E-state index is 11.9. The fourth-order valence-electron chi connectivity index (χ4n) is 3.93. The van der Waals surface area contributed by atoms with Gasteiger partial charge in [-0.3, -0.25) is 4.79 Å². The number of nitrogens with two attached hydrogens (primary N) is 1. The van der Waals surface area contributed by atoms with E-state index in [1.54, 1.807) is 6.20 Å². The molecule has 9 heteroatoms. The van der Waals surface area contributed by atoms with E-state index >= 15 is 0 Å². The molecule has 1 saturated carbocycles. The number of nitrogens with zero attached hydrogens (tertiary/aromatic N) is 4. The summed E-state index contributed by atoms with van der Waals surface area (Å²) in [4.78, 5) is 16.4. The summed E-state index contributed by atoms with van der Waals surface area (Å²) in [6.07, 6.45) is 5.88. The summed E-state index contributed by atoms with van der Waals surface area (Å²) >= 11 is 0. The Bertz CT molecular complexity index is 748. The highest BCUT2D eigenvalue weighted by Gasteiger charge is 2.33. The number of pyridine rings is 1. The molecular formula is C19H29N7O2. The molecule has 2 aromatic heterocycles. The molecule has 4 unspecified atom stereocenters. The van der Waals surface area contributed by atoms with E-state index in [2.05, 4.69) is 30.9 Å². The zero-order chi connectivity index (χ0) is 20.1. The van der Waals surface area contributed by atoms with Crippen molar-refractivity contribution in [1.82, 2.24) is 25.6 Å². The van der Waals surface area contributed by atoms with Crippen LogP contribution in [-0.2, 0) is 11.2 Å². The Hall–Kier alpha value is -2.55. The number of aromatic nitrogens is 5. The number of anilines is 1. The van der Waals surface area contributed by atoms with Crippen LogP contribution in [0.25, 0.3) is 0 Å². The van der Waals surface area contributed by atoms with Crippen molar-refractivity contribution >= 4 is 11.8 Å². The fourth-order valence-corrected chi connectivity index (χ4v) is 3.93. The van der Waals surface area contributed by atoms with Gasteiger partial charge in [0.05, 0.1) is 5.92 Å². The molecule has 0 spiro atoms. The van der Waals surface area contributed by atoms with E-state index < -0.39 is 11.9 Å². The lowest BCUT2D eigenvalue weighted by molar-refractivity contribution is -0.143. The van der Waals surface area contributed by atoms with Crippen molar-refractivity contribution < 1.29 is 9.90 Å². The molecule has 0 bridgehead atoms. The Labute approximate surface area is 164 Å². The van der Waals surface area contributed by atoms with Gasteiger partial charge in [0.15, 0.2) is 5.82 Å². The zero-order valence-corrected chi connectivity index (χ0v) is 16.4. The fraction of sp³-hybridized carbons (Fsp3) is 0.632. The molecule has 1 aliphatic rings. The van der Waals surface area contributed by atoms with Gasteiger partial charge in [0, 0.05) is 24.2 Å². The molecule has 0 aromatic carbocycles. The maximum absolute atomic E-state index is 11.9. The Kier molecular flexibility index (Phi) is 6.56. The van der Waals surface area contributed by atoms with Crippen molar-refractivity contribution in [2.75, 3.05) is 5.32 Å². The Morgan fingerprint density at radius 3 is 2.75 bits per heavy atom. The van der Waals surface area contributed by atoms with Crippen LogP contribution in [0.5, 0.6) is 0 Å². The van der Waals surface area contributed by atoms with Crippen LogP contribution in [-0.4, -0.2) is 48.8 Å². The number of carbonyl (C=O) groups is 1. The normalized spacial score (nSPS) is 21.6. The van der Waals surface area contributed by atoms with Gasteiger partial charge in [-0.05, 0) is 49.7 Å². The van der Waals surface area contributed by atoms with Gasteiger partial charge < -0.3 is 16.2 Å². The van der Waals surface area contributed by atoms with Crippen LogP contribution in [0.2, 0.25) is 0 Å². The molecule has 2 aromatic rings. The SMILES string of the molecule is CC(C)CC(C(=O)O)C(Cc1ccc(NC2CCC(N)C2)nc1)c1nn[nH]n1. The minimum Gasteiger partial charge on any atom is -0.481 e. The molecule has 9 nitrogen and oxygen atoms in total. The van der Waals surface area contributed by atoms with E-state index in [0.717, 1.165) is 30.6 Å². The minimum atomic E-state index is -0.840. The summed E-state index contributed by atoms with van der Waals surface area (Å²) in [6.45, 7) is 4.03. The standard InChI is InChI=1S/C19H29N7O2/c1-11(2)7-16(19(27)28)15(18-23-25-26-24-18)8-12-3-6-17(21-10-12)22-14-5-4-13(20)9-14/h3,6,10-11,13-16H,4-5,7-9,20H2,1-2H3,(H,21,22)(H,27,28)(H,23,24,25,26). The number of carboxylic acids is 1. The van der Waals surface area contributed by atoms with Gasteiger partial charge in [-0.2, -0.15) is 5.21 Å². The van der Waals surface area contributed by atoms with E-state index in [1.807, 2.05) is 26.0 Å². The van der Waals surface area contributed by atoms with Crippen LogP contribution >= 0.6 is 0 Å². The number of nitrogens with one attached hydrogen (secondary N) is 2. The lowest BCUT2D eigenvalue weighted by Gasteiger charge is -2.23. The number of aliphatic carboxylic acids is 1. The quantitative estimate of drug-likeness (QED) is 0.511. The van der Waals surface area contributed by atoms with E-state index in [9.17, 15) is 9.90 Å². The van der Waals surface area contributed by atoms with Gasteiger partial charge in [0.2, 0.25) is 0 Å². The molecule has 152 valence electrons. The number of aromatic amines is 1.